The number of benzene rings is 3. The van der Waals surface area contributed by atoms with Gasteiger partial charge in [0.1, 0.15) is 5.75 Å². The second-order valence-electron chi connectivity index (χ2n) is 16.5. The van der Waals surface area contributed by atoms with Gasteiger partial charge >= 0.3 is 15.2 Å². The molecule has 0 saturated heterocycles. The third-order valence-electron chi connectivity index (χ3n) is 7.46. The molecule has 7 nitrogen and oxygen atoms in total. The van der Waals surface area contributed by atoms with Gasteiger partial charge in [-0.25, -0.2) is 0 Å². The highest BCUT2D eigenvalue weighted by molar-refractivity contribution is 7.73. The van der Waals surface area contributed by atoms with Gasteiger partial charge in [0.2, 0.25) is 0 Å². The Balaban J connectivity index is 2.34. The molecule has 0 bridgehead atoms. The van der Waals surface area contributed by atoms with Gasteiger partial charge in [0.25, 0.3) is 0 Å². The summed E-state index contributed by atoms with van der Waals surface area (Å²) in [7, 11) is -13.8. The van der Waals surface area contributed by atoms with E-state index in [-0.39, 0.29) is 19.0 Å². The Labute approximate surface area is 292 Å². The van der Waals surface area contributed by atoms with Crippen molar-refractivity contribution in [3.63, 3.8) is 0 Å². The lowest BCUT2D eigenvalue weighted by Crippen LogP contribution is -2.30. The predicted octanol–water partition coefficient (Wildman–Crippen LogP) is 11.6. The fraction of sp³-hybridized carbons (Fsp3) is 0.514. The molecule has 266 valence electrons. The zero-order valence-corrected chi connectivity index (χ0v) is 34.9. The summed E-state index contributed by atoms with van der Waals surface area (Å²) >= 11 is 0. The van der Waals surface area contributed by atoms with Crippen LogP contribution in [-0.4, -0.2) is 35.0 Å². The first kappa shape index (κ1) is 40.6. The lowest BCUT2D eigenvalue weighted by Gasteiger charge is -2.38. The monoisotopic (exact) mass is 732 g/mol. The first-order chi connectivity index (χ1) is 21.9. The van der Waals surface area contributed by atoms with Crippen LogP contribution in [0, 0.1) is 0 Å². The first-order valence-electron chi connectivity index (χ1n) is 16.8. The number of rotatable bonds is 15. The molecule has 0 aromatic heterocycles. The van der Waals surface area contributed by atoms with Crippen molar-refractivity contribution < 1.29 is 31.7 Å². The molecule has 1 N–H and O–H groups in total. The van der Waals surface area contributed by atoms with E-state index in [4.69, 9.17) is 17.5 Å². The molecule has 0 aliphatic rings. The second-order valence-corrected chi connectivity index (χ2v) is 30.5. The molecule has 0 aliphatic heterocycles. The van der Waals surface area contributed by atoms with Crippen LogP contribution in [0.2, 0.25) is 39.3 Å². The van der Waals surface area contributed by atoms with Gasteiger partial charge in [-0.15, -0.1) is 0 Å². The van der Waals surface area contributed by atoms with E-state index in [0.29, 0.717) is 29.5 Å². The molecule has 11 heteroatoms. The highest BCUT2D eigenvalue weighted by atomic mass is 31.2. The molecule has 48 heavy (non-hydrogen) atoms. The van der Waals surface area contributed by atoms with E-state index in [1.807, 2.05) is 141 Å². The Bertz CT molecular complexity index is 1470. The van der Waals surface area contributed by atoms with Crippen LogP contribution in [-0.2, 0) is 50.3 Å². The topological polar surface area (TPSA) is 91.3 Å². The lowest BCUT2D eigenvalue weighted by atomic mass is 9.78. The van der Waals surface area contributed by atoms with Crippen molar-refractivity contribution in [2.45, 2.75) is 110 Å². The Morgan fingerprint density at radius 2 is 0.958 bits per heavy atom. The van der Waals surface area contributed by atoms with Gasteiger partial charge in [0, 0.05) is 0 Å². The second kappa shape index (κ2) is 15.6. The van der Waals surface area contributed by atoms with Gasteiger partial charge in [-0.1, -0.05) is 102 Å². The van der Waals surface area contributed by atoms with Crippen LogP contribution in [0.1, 0.15) is 74.8 Å². The number of hydrogen-bond donors (Lipinski definition) is 1. The molecule has 0 radical (unpaired) electrons. The van der Waals surface area contributed by atoms with Crippen molar-refractivity contribution in [2.24, 2.45) is 0 Å². The van der Waals surface area contributed by atoms with Gasteiger partial charge in [-0.3, -0.25) is 9.13 Å². The molecule has 2 atom stereocenters. The molecule has 0 amide bonds. The first-order valence-corrected chi connectivity index (χ1v) is 26.8. The van der Waals surface area contributed by atoms with Crippen LogP contribution in [0.4, 0.5) is 0 Å². The van der Waals surface area contributed by atoms with Gasteiger partial charge < -0.3 is 22.6 Å². The summed E-state index contributed by atoms with van der Waals surface area (Å²) in [5.41, 5.74) is 2.77. The molecular weight excluding hydrogens is 675 g/mol. The minimum atomic E-state index is -4.30. The van der Waals surface area contributed by atoms with E-state index in [1.165, 1.54) is 0 Å². The molecule has 3 aromatic rings. The fourth-order valence-corrected chi connectivity index (χ4v) is 17.4. The van der Waals surface area contributed by atoms with Crippen LogP contribution in [0.25, 0.3) is 0 Å². The minimum Gasteiger partial charge on any atom is -0.507 e. The van der Waals surface area contributed by atoms with Crippen LogP contribution >= 0.6 is 15.2 Å². The number of aromatic hydroxyl groups is 1. The molecular formula is C37H58O7P2Si2. The Morgan fingerprint density at radius 1 is 0.625 bits per heavy atom. The molecule has 2 unspecified atom stereocenters. The van der Waals surface area contributed by atoms with Crippen molar-refractivity contribution in [1.29, 1.82) is 0 Å². The zero-order chi connectivity index (χ0) is 36.2. The maximum absolute atomic E-state index is 15.7. The van der Waals surface area contributed by atoms with E-state index in [1.54, 1.807) is 12.1 Å². The smallest absolute Gasteiger partial charge is 0.340 e. The van der Waals surface area contributed by atoms with Crippen molar-refractivity contribution >= 4 is 31.8 Å². The summed E-state index contributed by atoms with van der Waals surface area (Å²) in [6.07, 6.45) is 0.966. The Morgan fingerprint density at radius 3 is 1.25 bits per heavy atom. The van der Waals surface area contributed by atoms with Crippen LogP contribution in [0.5, 0.6) is 5.75 Å². The normalized spacial score (nSPS) is 16.2. The minimum absolute atomic E-state index is 0.0789. The SMILES string of the molecule is CC(C)(C)c1cc(C(P(=O)(OCCc2ccccc2)O[Si](C)(C)C)P(=O)(OCCc2ccccc2)O[Si](C)(C)C)cc(C(C)(C)C)c1O. The van der Waals surface area contributed by atoms with Crippen molar-refractivity contribution in [2.75, 3.05) is 13.2 Å². The van der Waals surface area contributed by atoms with E-state index >= 15 is 9.13 Å². The van der Waals surface area contributed by atoms with Crippen molar-refractivity contribution in [3.05, 3.63) is 101 Å². The van der Waals surface area contributed by atoms with E-state index < -0.39 is 48.1 Å². The average Bonchev–Trinajstić information content (AvgIpc) is 2.91. The maximum Gasteiger partial charge on any atom is 0.340 e. The summed E-state index contributed by atoms with van der Waals surface area (Å²) in [5.74, 6) is 0.161. The summed E-state index contributed by atoms with van der Waals surface area (Å²) in [5, 5.41) is 10.2. The lowest BCUT2D eigenvalue weighted by molar-refractivity contribution is 0.242. The van der Waals surface area contributed by atoms with Crippen molar-refractivity contribution in [3.8, 4) is 5.75 Å². The van der Waals surface area contributed by atoms with Crippen LogP contribution in [0.3, 0.4) is 0 Å². The number of hydrogen-bond acceptors (Lipinski definition) is 7. The van der Waals surface area contributed by atoms with E-state index in [2.05, 4.69) is 0 Å². The highest BCUT2D eigenvalue weighted by Crippen LogP contribution is 2.80. The fourth-order valence-electron chi connectivity index (χ4n) is 5.42. The largest absolute Gasteiger partial charge is 0.507 e. The summed E-state index contributed by atoms with van der Waals surface area (Å²) in [4.78, 5) is 0. The van der Waals surface area contributed by atoms with Crippen molar-refractivity contribution in [1.82, 2.24) is 0 Å². The molecule has 0 heterocycles. The van der Waals surface area contributed by atoms with Gasteiger partial charge in [-0.2, -0.15) is 0 Å². The quantitative estimate of drug-likeness (QED) is 0.123. The zero-order valence-electron chi connectivity index (χ0n) is 31.1. The molecule has 0 aliphatic carbocycles. The average molecular weight is 733 g/mol. The Kier molecular flexibility index (Phi) is 13.2. The molecule has 3 aromatic carbocycles. The van der Waals surface area contributed by atoms with Gasteiger partial charge in [0.15, 0.2) is 22.0 Å². The standard InChI is InChI=1S/C37H58O7P2Si2/c1-36(2,3)32-27-31(28-33(34(32)38)37(4,5)6)35(45(39,43-47(7,8)9)41-25-23-29-19-15-13-16-20-29)46(40,44-48(10,11)12)42-26-24-30-21-17-14-18-22-30/h13-22,27-28,35,38H,23-26H2,1-12H3. The summed E-state index contributed by atoms with van der Waals surface area (Å²) in [6, 6.07) is 23.2. The third-order valence-corrected chi connectivity index (χ3v) is 18.5. The summed E-state index contributed by atoms with van der Waals surface area (Å²) < 4.78 is 57.4. The van der Waals surface area contributed by atoms with Crippen LogP contribution in [0.15, 0.2) is 72.8 Å². The molecule has 0 saturated carbocycles. The summed E-state index contributed by atoms with van der Waals surface area (Å²) in [6.45, 7) is 23.9. The third kappa shape index (κ3) is 11.6. The van der Waals surface area contributed by atoms with E-state index in [9.17, 15) is 5.11 Å². The van der Waals surface area contributed by atoms with Crippen LogP contribution < -0.4 is 0 Å². The highest BCUT2D eigenvalue weighted by Gasteiger charge is 2.55. The number of phenolic OH excluding ortho intramolecular Hbond substituents is 1. The molecule has 0 spiro atoms. The predicted molar refractivity (Wildman–Crippen MR) is 205 cm³/mol. The van der Waals surface area contributed by atoms with E-state index in [0.717, 1.165) is 11.1 Å². The van der Waals surface area contributed by atoms with Gasteiger partial charge in [-0.05, 0) is 103 Å². The number of phenols is 1. The van der Waals surface area contributed by atoms with Gasteiger partial charge in [0.05, 0.1) is 13.2 Å². The Hall–Kier alpha value is -1.81. The molecule has 3 rings (SSSR count). The maximum atomic E-state index is 15.7. The molecule has 0 fully saturated rings.